The molecule has 0 N–H and O–H groups in total. The molecule has 0 aromatic heterocycles. The highest BCUT2D eigenvalue weighted by Gasteiger charge is 2.23. The van der Waals surface area contributed by atoms with Crippen LogP contribution in [0.4, 0.5) is 5.69 Å². The maximum Gasteiger partial charge on any atom is 0.269 e. The normalized spacial score (nSPS) is 19.8. The number of hydrogen-bond acceptors (Lipinski definition) is 5. The zero-order chi connectivity index (χ0) is 14.5. The van der Waals surface area contributed by atoms with Crippen LogP contribution in [-0.4, -0.2) is 48.0 Å². The minimum atomic E-state index is -0.469. The number of hydrogen-bond donors (Lipinski definition) is 0. The zero-order valence-corrected chi connectivity index (χ0v) is 11.4. The minimum absolute atomic E-state index is 0.000595. The van der Waals surface area contributed by atoms with Crippen LogP contribution in [0.2, 0.25) is 0 Å². The van der Waals surface area contributed by atoms with E-state index in [-0.39, 0.29) is 17.5 Å². The fraction of sp³-hybridized carbons (Fsp3) is 0.500. The van der Waals surface area contributed by atoms with Crippen LogP contribution in [0.3, 0.4) is 0 Å². The summed E-state index contributed by atoms with van der Waals surface area (Å²) in [6, 6.07) is 6.03. The van der Waals surface area contributed by atoms with Crippen molar-refractivity contribution in [1.82, 2.24) is 4.90 Å². The molecule has 6 nitrogen and oxygen atoms in total. The molecule has 1 saturated heterocycles. The van der Waals surface area contributed by atoms with E-state index in [1.165, 1.54) is 24.3 Å². The van der Waals surface area contributed by atoms with E-state index in [0.717, 1.165) is 13.0 Å². The highest BCUT2D eigenvalue weighted by Crippen LogP contribution is 2.15. The Balaban J connectivity index is 2.01. The Kier molecular flexibility index (Phi) is 4.81. The van der Waals surface area contributed by atoms with Crippen LogP contribution in [0, 0.1) is 10.1 Å². The predicted octanol–water partition coefficient (Wildman–Crippen LogP) is 1.89. The molecule has 6 heteroatoms. The van der Waals surface area contributed by atoms with Gasteiger partial charge in [0, 0.05) is 30.3 Å². The van der Waals surface area contributed by atoms with Gasteiger partial charge in [-0.3, -0.25) is 19.8 Å². The van der Waals surface area contributed by atoms with E-state index < -0.39 is 4.92 Å². The van der Waals surface area contributed by atoms with Crippen molar-refractivity contribution in [3.63, 3.8) is 0 Å². The third kappa shape index (κ3) is 3.40. The van der Waals surface area contributed by atoms with E-state index in [0.29, 0.717) is 25.3 Å². The summed E-state index contributed by atoms with van der Waals surface area (Å²) in [5, 5.41) is 10.6. The van der Waals surface area contributed by atoms with E-state index in [2.05, 4.69) is 11.8 Å². The average Bonchev–Trinajstić information content (AvgIpc) is 2.48. The van der Waals surface area contributed by atoms with Gasteiger partial charge >= 0.3 is 0 Å². The van der Waals surface area contributed by atoms with Gasteiger partial charge in [-0.15, -0.1) is 0 Å². The average molecular weight is 278 g/mol. The number of carbonyl (C=O) groups excluding carboxylic acids is 1. The number of Topliss-reactive ketones (excluding diaryl/α,β-unsaturated/α-hetero) is 1. The maximum absolute atomic E-state index is 12.2. The molecule has 108 valence electrons. The number of nitrogens with zero attached hydrogens (tertiary/aromatic N) is 2. The molecular weight excluding hydrogens is 260 g/mol. The van der Waals surface area contributed by atoms with Crippen molar-refractivity contribution in [2.75, 3.05) is 26.3 Å². The van der Waals surface area contributed by atoms with Crippen molar-refractivity contribution >= 4 is 11.5 Å². The van der Waals surface area contributed by atoms with Crippen molar-refractivity contribution in [2.24, 2.45) is 0 Å². The second-order valence-corrected chi connectivity index (χ2v) is 4.83. The maximum atomic E-state index is 12.2. The Labute approximate surface area is 117 Å². The second-order valence-electron chi connectivity index (χ2n) is 4.83. The number of ketones is 1. The topological polar surface area (TPSA) is 72.7 Å². The van der Waals surface area contributed by atoms with Gasteiger partial charge in [0.1, 0.15) is 0 Å². The lowest BCUT2D eigenvalue weighted by atomic mass is 10.1. The van der Waals surface area contributed by atoms with E-state index >= 15 is 0 Å². The van der Waals surface area contributed by atoms with Crippen LogP contribution in [0.25, 0.3) is 0 Å². The Morgan fingerprint density at radius 1 is 1.45 bits per heavy atom. The monoisotopic (exact) mass is 278 g/mol. The van der Waals surface area contributed by atoms with Gasteiger partial charge < -0.3 is 4.74 Å². The molecule has 0 aliphatic carbocycles. The number of nitro benzene ring substituents is 1. The molecule has 1 fully saturated rings. The SMILES string of the molecule is CCC1COCCN1CC(=O)c1ccc([N+](=O)[O-])cc1. The Bertz CT molecular complexity index is 486. The van der Waals surface area contributed by atoms with Gasteiger partial charge in [0.2, 0.25) is 0 Å². The molecule has 0 spiro atoms. The fourth-order valence-corrected chi connectivity index (χ4v) is 2.32. The van der Waals surface area contributed by atoms with Crippen molar-refractivity contribution in [1.29, 1.82) is 0 Å². The Morgan fingerprint density at radius 2 is 2.15 bits per heavy atom. The predicted molar refractivity (Wildman–Crippen MR) is 73.9 cm³/mol. The molecule has 2 rings (SSSR count). The lowest BCUT2D eigenvalue weighted by molar-refractivity contribution is -0.384. The molecule has 0 saturated carbocycles. The molecule has 1 atom stereocenters. The number of ether oxygens (including phenoxy) is 1. The molecule has 0 radical (unpaired) electrons. The van der Waals surface area contributed by atoms with Crippen LogP contribution in [0.1, 0.15) is 23.7 Å². The van der Waals surface area contributed by atoms with Crippen LogP contribution >= 0.6 is 0 Å². The van der Waals surface area contributed by atoms with Crippen LogP contribution < -0.4 is 0 Å². The van der Waals surface area contributed by atoms with Crippen LogP contribution in [0.5, 0.6) is 0 Å². The van der Waals surface area contributed by atoms with E-state index in [1.807, 2.05) is 0 Å². The first-order chi connectivity index (χ1) is 9.61. The summed E-state index contributed by atoms with van der Waals surface area (Å²) in [5.74, 6) is -0.0137. The molecule has 1 aliphatic heterocycles. The summed E-state index contributed by atoms with van der Waals surface area (Å²) in [4.78, 5) is 24.4. The van der Waals surface area contributed by atoms with Gasteiger partial charge in [-0.25, -0.2) is 0 Å². The third-order valence-electron chi connectivity index (χ3n) is 3.57. The summed E-state index contributed by atoms with van der Waals surface area (Å²) in [6.45, 7) is 4.45. The number of carbonyl (C=O) groups is 1. The first-order valence-corrected chi connectivity index (χ1v) is 6.71. The minimum Gasteiger partial charge on any atom is -0.378 e. The molecule has 1 aromatic carbocycles. The zero-order valence-electron chi connectivity index (χ0n) is 11.4. The molecule has 0 amide bonds. The Morgan fingerprint density at radius 3 is 2.75 bits per heavy atom. The summed E-state index contributed by atoms with van der Waals surface area (Å²) >= 11 is 0. The van der Waals surface area contributed by atoms with E-state index in [4.69, 9.17) is 4.74 Å². The summed E-state index contributed by atoms with van der Waals surface area (Å²) in [5.41, 5.74) is 0.510. The quantitative estimate of drug-likeness (QED) is 0.467. The number of morpholine rings is 1. The molecule has 1 heterocycles. The highest BCUT2D eigenvalue weighted by molar-refractivity contribution is 5.97. The smallest absolute Gasteiger partial charge is 0.269 e. The molecule has 20 heavy (non-hydrogen) atoms. The first kappa shape index (κ1) is 14.6. The number of benzene rings is 1. The van der Waals surface area contributed by atoms with Gasteiger partial charge in [-0.2, -0.15) is 0 Å². The summed E-state index contributed by atoms with van der Waals surface area (Å²) in [6.07, 6.45) is 0.938. The van der Waals surface area contributed by atoms with Gasteiger partial charge in [-0.05, 0) is 18.6 Å². The van der Waals surface area contributed by atoms with E-state index in [9.17, 15) is 14.9 Å². The standard InChI is InChI=1S/C14H18N2O4/c1-2-12-10-20-8-7-15(12)9-14(17)11-3-5-13(6-4-11)16(18)19/h3-6,12H,2,7-10H2,1H3. The van der Waals surface area contributed by atoms with Gasteiger partial charge in [0.05, 0.1) is 24.7 Å². The molecular formula is C14H18N2O4. The van der Waals surface area contributed by atoms with Gasteiger partial charge in [0.15, 0.2) is 5.78 Å². The number of rotatable bonds is 5. The van der Waals surface area contributed by atoms with Crippen molar-refractivity contribution < 1.29 is 14.5 Å². The first-order valence-electron chi connectivity index (χ1n) is 6.71. The number of non-ortho nitro benzene ring substituents is 1. The fourth-order valence-electron chi connectivity index (χ4n) is 2.32. The van der Waals surface area contributed by atoms with Crippen molar-refractivity contribution in [3.8, 4) is 0 Å². The lowest BCUT2D eigenvalue weighted by Crippen LogP contribution is -2.47. The largest absolute Gasteiger partial charge is 0.378 e. The van der Waals surface area contributed by atoms with Crippen LogP contribution in [0.15, 0.2) is 24.3 Å². The van der Waals surface area contributed by atoms with E-state index in [1.54, 1.807) is 0 Å². The lowest BCUT2D eigenvalue weighted by Gasteiger charge is -2.34. The van der Waals surface area contributed by atoms with Gasteiger partial charge in [-0.1, -0.05) is 6.92 Å². The summed E-state index contributed by atoms with van der Waals surface area (Å²) < 4.78 is 5.40. The molecule has 0 bridgehead atoms. The molecule has 1 aliphatic rings. The number of nitro groups is 1. The highest BCUT2D eigenvalue weighted by atomic mass is 16.6. The van der Waals surface area contributed by atoms with Crippen molar-refractivity contribution in [3.05, 3.63) is 39.9 Å². The van der Waals surface area contributed by atoms with Gasteiger partial charge in [0.25, 0.3) is 5.69 Å². The van der Waals surface area contributed by atoms with Crippen LogP contribution in [-0.2, 0) is 4.74 Å². The summed E-state index contributed by atoms with van der Waals surface area (Å²) in [7, 11) is 0. The van der Waals surface area contributed by atoms with Crippen molar-refractivity contribution in [2.45, 2.75) is 19.4 Å². The third-order valence-corrected chi connectivity index (χ3v) is 3.57. The Hall–Kier alpha value is -1.79. The molecule has 1 aromatic rings. The molecule has 1 unspecified atom stereocenters. The second kappa shape index (κ2) is 6.58.